The molecule has 0 heterocycles. The first-order chi connectivity index (χ1) is 9.47. The largest absolute Gasteiger partial charge is 0.478 e. The van der Waals surface area contributed by atoms with E-state index in [1.165, 1.54) is 18.9 Å². The number of rotatable bonds is 6. The zero-order valence-corrected chi connectivity index (χ0v) is 12.5. The molecular weight excluding hydrogens is 250 g/mol. The molecule has 20 heavy (non-hydrogen) atoms. The molecule has 1 saturated carbocycles. The highest BCUT2D eigenvalue weighted by Gasteiger charge is 2.26. The molecule has 2 rings (SSSR count). The van der Waals surface area contributed by atoms with E-state index >= 15 is 0 Å². The zero-order chi connectivity index (χ0) is 14.7. The minimum atomic E-state index is -0.907. The van der Waals surface area contributed by atoms with Crippen molar-refractivity contribution >= 4 is 17.7 Å². The van der Waals surface area contributed by atoms with E-state index in [4.69, 9.17) is 5.11 Å². The van der Waals surface area contributed by atoms with E-state index in [0.29, 0.717) is 6.04 Å². The van der Waals surface area contributed by atoms with Crippen LogP contribution in [0.1, 0.15) is 37.8 Å². The second-order valence-electron chi connectivity index (χ2n) is 5.92. The van der Waals surface area contributed by atoms with E-state index < -0.39 is 5.97 Å². The van der Waals surface area contributed by atoms with Crippen LogP contribution in [0.5, 0.6) is 0 Å². The standard InChI is InChI=1S/C17H23NO2/c1-12(2)18(11-14-5-6-14)16-8-4-13(3)10-15(16)7-9-17(19)20/h4,7-10,12,14H,5-6,11H2,1-3H3,(H,19,20)/b9-7+. The highest BCUT2D eigenvalue weighted by molar-refractivity contribution is 5.87. The van der Waals surface area contributed by atoms with Crippen molar-refractivity contribution in [3.63, 3.8) is 0 Å². The monoisotopic (exact) mass is 273 g/mol. The van der Waals surface area contributed by atoms with Crippen molar-refractivity contribution in [2.45, 2.75) is 39.7 Å². The third-order valence-corrected chi connectivity index (χ3v) is 3.67. The Labute approximate surface area is 120 Å². The fourth-order valence-corrected chi connectivity index (χ4v) is 2.40. The van der Waals surface area contributed by atoms with Gasteiger partial charge < -0.3 is 10.0 Å². The molecule has 0 spiro atoms. The molecule has 1 aromatic carbocycles. The van der Waals surface area contributed by atoms with Crippen LogP contribution >= 0.6 is 0 Å². The lowest BCUT2D eigenvalue weighted by Crippen LogP contribution is -2.33. The summed E-state index contributed by atoms with van der Waals surface area (Å²) >= 11 is 0. The van der Waals surface area contributed by atoms with Crippen LogP contribution in [0.4, 0.5) is 5.69 Å². The SMILES string of the molecule is Cc1ccc(N(CC2CC2)C(C)C)c(/C=C/C(=O)O)c1. The number of aliphatic carboxylic acids is 1. The minimum Gasteiger partial charge on any atom is -0.478 e. The predicted molar refractivity (Wildman–Crippen MR) is 83.1 cm³/mol. The fraction of sp³-hybridized carbons (Fsp3) is 0.471. The molecule has 0 unspecified atom stereocenters. The average molecular weight is 273 g/mol. The second kappa shape index (κ2) is 6.12. The van der Waals surface area contributed by atoms with Crippen molar-refractivity contribution in [2.24, 2.45) is 5.92 Å². The Bertz CT molecular complexity index is 516. The minimum absolute atomic E-state index is 0.412. The Morgan fingerprint density at radius 3 is 2.70 bits per heavy atom. The molecule has 3 heteroatoms. The normalized spacial score (nSPS) is 15.0. The molecule has 1 N–H and O–H groups in total. The average Bonchev–Trinajstić information content (AvgIpc) is 3.18. The Balaban J connectivity index is 2.33. The van der Waals surface area contributed by atoms with Gasteiger partial charge in [-0.15, -0.1) is 0 Å². The summed E-state index contributed by atoms with van der Waals surface area (Å²) in [5, 5.41) is 8.84. The number of carboxylic acid groups (broad SMARTS) is 1. The van der Waals surface area contributed by atoms with Gasteiger partial charge in [0.2, 0.25) is 0 Å². The first-order valence-corrected chi connectivity index (χ1v) is 7.25. The molecule has 1 aliphatic rings. The summed E-state index contributed by atoms with van der Waals surface area (Å²) in [6.07, 6.45) is 5.55. The first-order valence-electron chi connectivity index (χ1n) is 7.25. The summed E-state index contributed by atoms with van der Waals surface area (Å²) in [5.41, 5.74) is 3.27. The van der Waals surface area contributed by atoms with Gasteiger partial charge in [0.05, 0.1) is 0 Å². The van der Waals surface area contributed by atoms with Crippen LogP contribution in [-0.4, -0.2) is 23.7 Å². The van der Waals surface area contributed by atoms with Gasteiger partial charge >= 0.3 is 5.97 Å². The number of nitrogens with zero attached hydrogens (tertiary/aromatic N) is 1. The van der Waals surface area contributed by atoms with Gasteiger partial charge in [-0.3, -0.25) is 0 Å². The molecule has 0 amide bonds. The molecule has 1 fully saturated rings. The number of aryl methyl sites for hydroxylation is 1. The lowest BCUT2D eigenvalue weighted by Gasteiger charge is -2.31. The highest BCUT2D eigenvalue weighted by Crippen LogP contribution is 2.34. The maximum Gasteiger partial charge on any atom is 0.328 e. The van der Waals surface area contributed by atoms with Crippen LogP contribution in [0.2, 0.25) is 0 Å². The number of hydrogen-bond acceptors (Lipinski definition) is 2. The Morgan fingerprint density at radius 2 is 2.15 bits per heavy atom. The second-order valence-corrected chi connectivity index (χ2v) is 5.92. The maximum atomic E-state index is 10.8. The number of benzene rings is 1. The van der Waals surface area contributed by atoms with Gasteiger partial charge in [-0.05, 0) is 63.3 Å². The third-order valence-electron chi connectivity index (χ3n) is 3.67. The van der Waals surface area contributed by atoms with Gasteiger partial charge in [-0.2, -0.15) is 0 Å². The summed E-state index contributed by atoms with van der Waals surface area (Å²) in [6.45, 7) is 7.47. The first kappa shape index (κ1) is 14.6. The van der Waals surface area contributed by atoms with Gasteiger partial charge in [-0.25, -0.2) is 4.79 Å². The van der Waals surface area contributed by atoms with Gasteiger partial charge in [0, 0.05) is 24.4 Å². The summed E-state index contributed by atoms with van der Waals surface area (Å²) < 4.78 is 0. The smallest absolute Gasteiger partial charge is 0.328 e. The molecule has 3 nitrogen and oxygen atoms in total. The van der Waals surface area contributed by atoms with Crippen LogP contribution in [-0.2, 0) is 4.79 Å². The van der Waals surface area contributed by atoms with Crippen molar-refractivity contribution < 1.29 is 9.90 Å². The molecule has 0 radical (unpaired) electrons. The van der Waals surface area contributed by atoms with Crippen molar-refractivity contribution in [3.05, 3.63) is 35.4 Å². The summed E-state index contributed by atoms with van der Waals surface area (Å²) in [4.78, 5) is 13.1. The van der Waals surface area contributed by atoms with Crippen molar-refractivity contribution in [1.82, 2.24) is 0 Å². The van der Waals surface area contributed by atoms with Crippen molar-refractivity contribution in [2.75, 3.05) is 11.4 Å². The number of carboxylic acids is 1. The number of hydrogen-bond donors (Lipinski definition) is 1. The van der Waals surface area contributed by atoms with Gasteiger partial charge in [0.25, 0.3) is 0 Å². The summed E-state index contributed by atoms with van der Waals surface area (Å²) in [7, 11) is 0. The fourth-order valence-electron chi connectivity index (χ4n) is 2.40. The van der Waals surface area contributed by atoms with Crippen LogP contribution < -0.4 is 4.90 Å². The topological polar surface area (TPSA) is 40.5 Å². The molecule has 108 valence electrons. The van der Waals surface area contributed by atoms with E-state index in [1.54, 1.807) is 6.08 Å². The summed E-state index contributed by atoms with van der Waals surface area (Å²) in [6, 6.07) is 6.67. The van der Waals surface area contributed by atoms with E-state index in [9.17, 15) is 4.79 Å². The molecule has 0 saturated heterocycles. The van der Waals surface area contributed by atoms with E-state index in [-0.39, 0.29) is 0 Å². The predicted octanol–water partition coefficient (Wildman–Crippen LogP) is 3.72. The molecule has 1 aromatic rings. The number of anilines is 1. The third kappa shape index (κ3) is 3.86. The van der Waals surface area contributed by atoms with Crippen LogP contribution in [0.25, 0.3) is 6.08 Å². The Hall–Kier alpha value is -1.77. The Morgan fingerprint density at radius 1 is 1.45 bits per heavy atom. The highest BCUT2D eigenvalue weighted by atomic mass is 16.4. The number of carbonyl (C=O) groups is 1. The zero-order valence-electron chi connectivity index (χ0n) is 12.5. The molecule has 0 bridgehead atoms. The quantitative estimate of drug-likeness (QED) is 0.803. The Kier molecular flexibility index (Phi) is 4.48. The van der Waals surface area contributed by atoms with Crippen LogP contribution in [0.15, 0.2) is 24.3 Å². The van der Waals surface area contributed by atoms with Crippen LogP contribution in [0, 0.1) is 12.8 Å². The molecule has 0 atom stereocenters. The van der Waals surface area contributed by atoms with Gasteiger partial charge in [0.15, 0.2) is 0 Å². The van der Waals surface area contributed by atoms with Crippen LogP contribution in [0.3, 0.4) is 0 Å². The lowest BCUT2D eigenvalue weighted by atomic mass is 10.1. The molecule has 1 aliphatic carbocycles. The lowest BCUT2D eigenvalue weighted by molar-refractivity contribution is -0.131. The molecule has 0 aromatic heterocycles. The van der Waals surface area contributed by atoms with Crippen molar-refractivity contribution in [3.8, 4) is 0 Å². The maximum absolute atomic E-state index is 10.8. The summed E-state index contributed by atoms with van der Waals surface area (Å²) in [5.74, 6) is -0.106. The van der Waals surface area contributed by atoms with Gasteiger partial charge in [-0.1, -0.05) is 11.6 Å². The van der Waals surface area contributed by atoms with E-state index in [1.807, 2.05) is 6.92 Å². The van der Waals surface area contributed by atoms with Gasteiger partial charge in [0.1, 0.15) is 0 Å². The van der Waals surface area contributed by atoms with E-state index in [0.717, 1.165) is 29.3 Å². The van der Waals surface area contributed by atoms with Crippen molar-refractivity contribution in [1.29, 1.82) is 0 Å². The molecular formula is C17H23NO2. The molecule has 0 aliphatic heterocycles. The van der Waals surface area contributed by atoms with E-state index in [2.05, 4.69) is 36.9 Å².